The number of halogens is 6. The van der Waals surface area contributed by atoms with Gasteiger partial charge in [0.05, 0.1) is 11.1 Å². The number of aryl methyl sites for hydroxylation is 4. The molecule has 164 valence electrons. The highest BCUT2D eigenvalue weighted by molar-refractivity contribution is 5.49. The van der Waals surface area contributed by atoms with Gasteiger partial charge in [-0.1, -0.05) is 58.7 Å². The van der Waals surface area contributed by atoms with Crippen molar-refractivity contribution in [2.24, 2.45) is 0 Å². The number of hydrogen-bond donors (Lipinski definition) is 0. The van der Waals surface area contributed by atoms with E-state index in [2.05, 4.69) is 0 Å². The van der Waals surface area contributed by atoms with Gasteiger partial charge in [-0.2, -0.15) is 26.3 Å². The van der Waals surface area contributed by atoms with Crippen LogP contribution in [0.3, 0.4) is 0 Å². The first kappa shape index (κ1) is 22.9. The zero-order valence-corrected chi connectivity index (χ0v) is 17.5. The molecule has 31 heavy (non-hydrogen) atoms. The Morgan fingerprint density at radius 2 is 0.742 bits per heavy atom. The second-order valence-electron chi connectivity index (χ2n) is 8.11. The molecule has 0 heterocycles. The Morgan fingerprint density at radius 3 is 1.03 bits per heavy atom. The maximum atomic E-state index is 13.5. The van der Waals surface area contributed by atoms with E-state index in [1.807, 2.05) is 64.1 Å². The van der Waals surface area contributed by atoms with Crippen molar-refractivity contribution in [1.82, 2.24) is 0 Å². The third-order valence-electron chi connectivity index (χ3n) is 5.10. The summed E-state index contributed by atoms with van der Waals surface area (Å²) in [5.41, 5.74) is 2.16. The van der Waals surface area contributed by atoms with Gasteiger partial charge in [0.1, 0.15) is 0 Å². The average molecular weight is 436 g/mol. The van der Waals surface area contributed by atoms with Crippen molar-refractivity contribution in [3.63, 3.8) is 0 Å². The quantitative estimate of drug-likeness (QED) is 0.287. The molecular formula is C25H22F6. The van der Waals surface area contributed by atoms with Crippen LogP contribution in [-0.4, -0.2) is 0 Å². The molecule has 0 fully saturated rings. The van der Waals surface area contributed by atoms with Gasteiger partial charge in [0.2, 0.25) is 0 Å². The monoisotopic (exact) mass is 436 g/mol. The first-order valence-electron chi connectivity index (χ1n) is 9.70. The highest BCUT2D eigenvalue weighted by Crippen LogP contribution is 2.41. The lowest BCUT2D eigenvalue weighted by atomic mass is 9.81. The Bertz CT molecular complexity index is 982. The van der Waals surface area contributed by atoms with Crippen LogP contribution in [0, 0.1) is 27.7 Å². The molecule has 0 unspecified atom stereocenters. The largest absolute Gasteiger partial charge is 0.416 e. The van der Waals surface area contributed by atoms with Crippen LogP contribution in [0.4, 0.5) is 26.3 Å². The molecule has 3 aromatic carbocycles. The minimum absolute atomic E-state index is 0.0443. The van der Waals surface area contributed by atoms with E-state index in [0.29, 0.717) is 11.1 Å². The fourth-order valence-electron chi connectivity index (χ4n) is 4.08. The summed E-state index contributed by atoms with van der Waals surface area (Å²) in [4.78, 5) is 0. The molecule has 0 aliphatic carbocycles. The third kappa shape index (κ3) is 5.30. The molecule has 0 spiro atoms. The number of benzene rings is 3. The van der Waals surface area contributed by atoms with E-state index in [-0.39, 0.29) is 11.6 Å². The van der Waals surface area contributed by atoms with Crippen molar-refractivity contribution >= 4 is 0 Å². The average Bonchev–Trinajstić information content (AvgIpc) is 2.58. The fourth-order valence-corrected chi connectivity index (χ4v) is 4.08. The smallest absolute Gasteiger partial charge is 0.166 e. The van der Waals surface area contributed by atoms with Gasteiger partial charge >= 0.3 is 12.4 Å². The first-order valence-corrected chi connectivity index (χ1v) is 9.70. The van der Waals surface area contributed by atoms with Crippen molar-refractivity contribution in [3.8, 4) is 0 Å². The second kappa shape index (κ2) is 8.06. The van der Waals surface area contributed by atoms with Crippen molar-refractivity contribution in [2.45, 2.75) is 46.0 Å². The Balaban J connectivity index is 2.36. The van der Waals surface area contributed by atoms with Crippen molar-refractivity contribution in [3.05, 3.63) is 105 Å². The summed E-state index contributed by atoms with van der Waals surface area (Å²) in [6.07, 6.45) is -9.79. The van der Waals surface area contributed by atoms with Gasteiger partial charge in [0.25, 0.3) is 0 Å². The predicted molar refractivity (Wildman–Crippen MR) is 109 cm³/mol. The van der Waals surface area contributed by atoms with E-state index < -0.39 is 29.4 Å². The van der Waals surface area contributed by atoms with Gasteiger partial charge in [-0.05, 0) is 62.6 Å². The normalized spacial score (nSPS) is 12.5. The van der Waals surface area contributed by atoms with Gasteiger partial charge in [0.15, 0.2) is 0 Å². The first-order chi connectivity index (χ1) is 14.2. The van der Waals surface area contributed by atoms with Crippen LogP contribution in [0.15, 0.2) is 54.6 Å². The lowest BCUT2D eigenvalue weighted by Gasteiger charge is -2.23. The molecule has 0 saturated heterocycles. The van der Waals surface area contributed by atoms with Crippen molar-refractivity contribution in [2.75, 3.05) is 0 Å². The minimum Gasteiger partial charge on any atom is -0.166 e. The maximum Gasteiger partial charge on any atom is 0.416 e. The van der Waals surface area contributed by atoms with Crippen LogP contribution in [0.2, 0.25) is 0 Å². The maximum absolute atomic E-state index is 13.5. The molecule has 0 aliphatic heterocycles. The molecule has 0 aromatic heterocycles. The molecule has 0 atom stereocenters. The number of rotatable bonds is 3. The highest BCUT2D eigenvalue weighted by atomic mass is 19.4. The van der Waals surface area contributed by atoms with Crippen molar-refractivity contribution in [1.29, 1.82) is 0 Å². The molecule has 0 amide bonds. The Hall–Kier alpha value is -2.76. The number of alkyl halides is 6. The van der Waals surface area contributed by atoms with Crippen LogP contribution in [0.1, 0.15) is 56.0 Å². The topological polar surface area (TPSA) is 0 Å². The van der Waals surface area contributed by atoms with Crippen LogP contribution in [0.25, 0.3) is 0 Å². The minimum atomic E-state index is -4.90. The molecule has 6 heteroatoms. The van der Waals surface area contributed by atoms with Crippen LogP contribution in [0.5, 0.6) is 0 Å². The third-order valence-corrected chi connectivity index (χ3v) is 5.10. The van der Waals surface area contributed by atoms with Gasteiger partial charge < -0.3 is 0 Å². The van der Waals surface area contributed by atoms with Gasteiger partial charge in [-0.15, -0.1) is 0 Å². The van der Waals surface area contributed by atoms with E-state index in [1.54, 1.807) is 0 Å². The zero-order chi connectivity index (χ0) is 23.1. The summed E-state index contributed by atoms with van der Waals surface area (Å²) in [6.45, 7) is 7.40. The summed E-state index contributed by atoms with van der Waals surface area (Å²) >= 11 is 0. The lowest BCUT2D eigenvalue weighted by Crippen LogP contribution is -2.14. The second-order valence-corrected chi connectivity index (χ2v) is 8.11. The predicted octanol–water partition coefficient (Wildman–Crippen LogP) is 8.14. The lowest BCUT2D eigenvalue weighted by molar-refractivity contribution is -0.143. The van der Waals surface area contributed by atoms with E-state index in [1.165, 1.54) is 0 Å². The van der Waals surface area contributed by atoms with E-state index >= 15 is 0 Å². The van der Waals surface area contributed by atoms with Crippen LogP contribution >= 0.6 is 0 Å². The molecule has 0 aliphatic rings. The van der Waals surface area contributed by atoms with Crippen LogP contribution < -0.4 is 0 Å². The molecule has 0 nitrogen and oxygen atoms in total. The van der Waals surface area contributed by atoms with E-state index in [0.717, 1.165) is 34.4 Å². The summed E-state index contributed by atoms with van der Waals surface area (Å²) < 4.78 is 81.0. The van der Waals surface area contributed by atoms with E-state index in [9.17, 15) is 26.3 Å². The molecule has 0 radical (unpaired) electrons. The Morgan fingerprint density at radius 1 is 0.452 bits per heavy atom. The molecular weight excluding hydrogens is 414 g/mol. The van der Waals surface area contributed by atoms with E-state index in [4.69, 9.17) is 0 Å². The van der Waals surface area contributed by atoms with Crippen molar-refractivity contribution < 1.29 is 26.3 Å². The molecule has 0 N–H and O–H groups in total. The Kier molecular flexibility index (Phi) is 5.96. The Labute approximate surface area is 177 Å². The SMILES string of the molecule is Cc1cc(C)cc(C(c2cc(C)cc(C)c2)c2cc(C(F)(F)F)cc(C(F)(F)F)c2)c1. The highest BCUT2D eigenvalue weighted by Gasteiger charge is 2.38. The zero-order valence-electron chi connectivity index (χ0n) is 17.5. The molecule has 3 aromatic rings. The molecule has 0 bridgehead atoms. The van der Waals surface area contributed by atoms with Gasteiger partial charge in [0, 0.05) is 5.92 Å². The van der Waals surface area contributed by atoms with Gasteiger partial charge in [-0.3, -0.25) is 0 Å². The molecule has 0 saturated carbocycles. The standard InChI is InChI=1S/C25H22F6/c1-14-5-15(2)8-18(7-14)23(19-9-16(3)6-17(4)10-19)20-11-21(24(26,27)28)13-22(12-20)25(29,30)31/h5-13,23H,1-4H3. The molecule has 3 rings (SSSR count). The summed E-state index contributed by atoms with van der Waals surface area (Å²) in [6, 6.07) is 12.9. The number of hydrogen-bond acceptors (Lipinski definition) is 0. The summed E-state index contributed by atoms with van der Waals surface area (Å²) in [5.74, 6) is -0.777. The van der Waals surface area contributed by atoms with Crippen LogP contribution in [-0.2, 0) is 12.4 Å². The summed E-state index contributed by atoms with van der Waals surface area (Å²) in [5, 5.41) is 0. The summed E-state index contributed by atoms with van der Waals surface area (Å²) in [7, 11) is 0. The van der Waals surface area contributed by atoms with Gasteiger partial charge in [-0.25, -0.2) is 0 Å². The fraction of sp³-hybridized carbons (Fsp3) is 0.280.